The smallest absolute Gasteiger partial charge is 0.228 e. The van der Waals surface area contributed by atoms with Crippen LogP contribution in [0.2, 0.25) is 10.0 Å². The molecule has 0 radical (unpaired) electrons. The fraction of sp³-hybridized carbons (Fsp3) is 0.120. The third-order valence-electron chi connectivity index (χ3n) is 5.03. The molecule has 0 aliphatic rings. The first-order chi connectivity index (χ1) is 16.0. The molecule has 0 aliphatic carbocycles. The molecule has 33 heavy (non-hydrogen) atoms. The second-order valence-corrected chi connectivity index (χ2v) is 8.05. The molecule has 0 fully saturated rings. The molecule has 0 unspecified atom stereocenters. The summed E-state index contributed by atoms with van der Waals surface area (Å²) in [5.41, 5.74) is 3.64. The van der Waals surface area contributed by atoms with E-state index in [-0.39, 0.29) is 12.3 Å². The third-order valence-corrected chi connectivity index (χ3v) is 5.59. The summed E-state index contributed by atoms with van der Waals surface area (Å²) in [5.74, 6) is 0.706. The number of carbonyl (C=O) groups excluding carboxylic acids is 1. The zero-order valence-corrected chi connectivity index (χ0v) is 19.5. The Morgan fingerprint density at radius 1 is 0.970 bits per heavy atom. The van der Waals surface area contributed by atoms with Crippen LogP contribution in [0.1, 0.15) is 5.56 Å². The van der Waals surface area contributed by atoms with Crippen molar-refractivity contribution in [3.63, 3.8) is 0 Å². The fourth-order valence-corrected chi connectivity index (χ4v) is 3.75. The van der Waals surface area contributed by atoms with Crippen molar-refractivity contribution in [2.45, 2.75) is 6.42 Å². The number of aromatic nitrogens is 2. The van der Waals surface area contributed by atoms with Gasteiger partial charge in [-0.25, -0.2) is 4.68 Å². The van der Waals surface area contributed by atoms with Crippen LogP contribution in [-0.4, -0.2) is 29.9 Å². The van der Waals surface area contributed by atoms with Gasteiger partial charge in [-0.2, -0.15) is 5.10 Å². The van der Waals surface area contributed by atoms with Gasteiger partial charge in [-0.15, -0.1) is 0 Å². The van der Waals surface area contributed by atoms with E-state index in [1.54, 1.807) is 28.9 Å². The Hall–Kier alpha value is -3.48. The van der Waals surface area contributed by atoms with Crippen molar-refractivity contribution in [3.05, 3.63) is 88.5 Å². The van der Waals surface area contributed by atoms with E-state index >= 15 is 0 Å². The number of anilines is 1. The lowest BCUT2D eigenvalue weighted by Gasteiger charge is -2.12. The molecule has 8 heteroatoms. The summed E-state index contributed by atoms with van der Waals surface area (Å²) >= 11 is 12.4. The predicted octanol–water partition coefficient (Wildman–Crippen LogP) is 6.04. The van der Waals surface area contributed by atoms with Crippen LogP contribution in [0, 0.1) is 0 Å². The Kier molecular flexibility index (Phi) is 6.87. The molecule has 0 saturated heterocycles. The Morgan fingerprint density at radius 3 is 2.30 bits per heavy atom. The van der Waals surface area contributed by atoms with Crippen molar-refractivity contribution in [2.24, 2.45) is 0 Å². The van der Waals surface area contributed by atoms with Gasteiger partial charge in [0.05, 0.1) is 42.7 Å². The normalized spacial score (nSPS) is 10.7. The summed E-state index contributed by atoms with van der Waals surface area (Å²) in [6.07, 6.45) is 1.95. The van der Waals surface area contributed by atoms with Gasteiger partial charge in [0.15, 0.2) is 11.5 Å². The van der Waals surface area contributed by atoms with Crippen molar-refractivity contribution in [3.8, 4) is 28.4 Å². The van der Waals surface area contributed by atoms with Gasteiger partial charge in [-0.05, 0) is 24.3 Å². The van der Waals surface area contributed by atoms with Crippen LogP contribution < -0.4 is 14.8 Å². The lowest BCUT2D eigenvalue weighted by Crippen LogP contribution is -2.15. The summed E-state index contributed by atoms with van der Waals surface area (Å²) < 4.78 is 12.3. The minimum Gasteiger partial charge on any atom is -0.493 e. The molecule has 0 spiro atoms. The Morgan fingerprint density at radius 2 is 1.64 bits per heavy atom. The van der Waals surface area contributed by atoms with Crippen LogP contribution in [0.25, 0.3) is 16.9 Å². The Balaban J connectivity index is 1.65. The maximum atomic E-state index is 13.0. The number of hydrogen-bond donors (Lipinski definition) is 1. The third kappa shape index (κ3) is 5.13. The average molecular weight is 482 g/mol. The second kappa shape index (κ2) is 9.98. The van der Waals surface area contributed by atoms with Gasteiger partial charge in [0.1, 0.15) is 0 Å². The molecule has 1 aromatic heterocycles. The van der Waals surface area contributed by atoms with Gasteiger partial charge < -0.3 is 14.8 Å². The molecule has 6 nitrogen and oxygen atoms in total. The van der Waals surface area contributed by atoms with E-state index < -0.39 is 0 Å². The van der Waals surface area contributed by atoms with Crippen molar-refractivity contribution in [2.75, 3.05) is 19.5 Å². The zero-order chi connectivity index (χ0) is 23.4. The maximum absolute atomic E-state index is 13.0. The highest BCUT2D eigenvalue weighted by Crippen LogP contribution is 2.36. The largest absolute Gasteiger partial charge is 0.493 e. The van der Waals surface area contributed by atoms with E-state index in [1.165, 1.54) is 14.2 Å². The number of nitrogens with one attached hydrogen (secondary N) is 1. The van der Waals surface area contributed by atoms with Crippen LogP contribution in [-0.2, 0) is 11.2 Å². The molecule has 1 N–H and O–H groups in total. The molecule has 1 amide bonds. The number of hydrogen-bond acceptors (Lipinski definition) is 4. The highest BCUT2D eigenvalue weighted by molar-refractivity contribution is 6.34. The number of amides is 1. The van der Waals surface area contributed by atoms with Crippen molar-refractivity contribution < 1.29 is 14.3 Å². The summed E-state index contributed by atoms with van der Waals surface area (Å²) in [5, 5.41) is 8.57. The number of benzene rings is 3. The first-order valence-electron chi connectivity index (χ1n) is 10.1. The molecule has 0 bridgehead atoms. The molecule has 4 rings (SSSR count). The molecule has 4 aromatic rings. The van der Waals surface area contributed by atoms with E-state index in [2.05, 4.69) is 5.32 Å². The predicted molar refractivity (Wildman–Crippen MR) is 131 cm³/mol. The number of rotatable bonds is 7. The SMILES string of the molecule is COc1cc(Cl)c(NC(=O)Cc2cn(-c3ccccc3)nc2-c2ccc(Cl)cc2)cc1OC. The summed E-state index contributed by atoms with van der Waals surface area (Å²) in [7, 11) is 3.04. The van der Waals surface area contributed by atoms with Crippen LogP contribution in [0.5, 0.6) is 11.5 Å². The highest BCUT2D eigenvalue weighted by Gasteiger charge is 2.17. The average Bonchev–Trinajstić information content (AvgIpc) is 3.24. The standard InChI is InChI=1S/C25H21Cl2N3O3/c1-32-22-13-20(27)21(14-23(22)33-2)28-24(31)12-17-15-30(19-6-4-3-5-7-19)29-25(17)16-8-10-18(26)11-9-16/h3-11,13-15H,12H2,1-2H3,(H,28,31). The summed E-state index contributed by atoms with van der Waals surface area (Å²) in [6.45, 7) is 0. The lowest BCUT2D eigenvalue weighted by molar-refractivity contribution is -0.115. The van der Waals surface area contributed by atoms with E-state index in [0.29, 0.717) is 32.9 Å². The van der Waals surface area contributed by atoms with Gasteiger partial charge in [0.2, 0.25) is 5.91 Å². The number of methoxy groups -OCH3 is 2. The van der Waals surface area contributed by atoms with Gasteiger partial charge in [-0.1, -0.05) is 53.5 Å². The topological polar surface area (TPSA) is 65.4 Å². The molecule has 0 saturated carbocycles. The number of carbonyl (C=O) groups is 1. The van der Waals surface area contributed by atoms with Crippen molar-refractivity contribution >= 4 is 34.8 Å². The molecule has 1 heterocycles. The minimum atomic E-state index is -0.244. The summed E-state index contributed by atoms with van der Waals surface area (Å²) in [4.78, 5) is 13.0. The fourth-order valence-electron chi connectivity index (χ4n) is 3.42. The van der Waals surface area contributed by atoms with Crippen molar-refractivity contribution in [1.29, 1.82) is 0 Å². The number of ether oxygens (including phenoxy) is 2. The second-order valence-electron chi connectivity index (χ2n) is 7.20. The first-order valence-corrected chi connectivity index (χ1v) is 10.9. The first kappa shape index (κ1) is 22.7. The Labute approximate surface area is 201 Å². The zero-order valence-electron chi connectivity index (χ0n) is 18.0. The van der Waals surface area contributed by atoms with E-state index in [9.17, 15) is 4.79 Å². The molecule has 0 aliphatic heterocycles. The number of halogens is 2. The van der Waals surface area contributed by atoms with Crippen molar-refractivity contribution in [1.82, 2.24) is 9.78 Å². The van der Waals surface area contributed by atoms with Crippen LogP contribution in [0.4, 0.5) is 5.69 Å². The van der Waals surface area contributed by atoms with Crippen LogP contribution >= 0.6 is 23.2 Å². The monoisotopic (exact) mass is 481 g/mol. The molecule has 0 atom stereocenters. The molecule has 168 valence electrons. The van der Waals surface area contributed by atoms with E-state index in [4.69, 9.17) is 37.8 Å². The van der Waals surface area contributed by atoms with Gasteiger partial charge in [-0.3, -0.25) is 4.79 Å². The Bertz CT molecular complexity index is 1270. The molecular formula is C25H21Cl2N3O3. The molecular weight excluding hydrogens is 461 g/mol. The highest BCUT2D eigenvalue weighted by atomic mass is 35.5. The van der Waals surface area contributed by atoms with Gasteiger partial charge in [0, 0.05) is 34.5 Å². The van der Waals surface area contributed by atoms with Crippen LogP contribution in [0.15, 0.2) is 72.9 Å². The van der Waals surface area contributed by atoms with E-state index in [0.717, 1.165) is 16.8 Å². The molecule has 3 aromatic carbocycles. The number of para-hydroxylation sites is 1. The maximum Gasteiger partial charge on any atom is 0.228 e. The van der Waals surface area contributed by atoms with E-state index in [1.807, 2.05) is 48.7 Å². The lowest BCUT2D eigenvalue weighted by atomic mass is 10.1. The number of nitrogens with zero attached hydrogens (tertiary/aromatic N) is 2. The van der Waals surface area contributed by atoms with Gasteiger partial charge >= 0.3 is 0 Å². The summed E-state index contributed by atoms with van der Waals surface area (Å²) in [6, 6.07) is 20.3. The minimum absolute atomic E-state index is 0.0927. The van der Waals surface area contributed by atoms with Crippen LogP contribution in [0.3, 0.4) is 0 Å². The quantitative estimate of drug-likeness (QED) is 0.349. The van der Waals surface area contributed by atoms with Gasteiger partial charge in [0.25, 0.3) is 0 Å².